The summed E-state index contributed by atoms with van der Waals surface area (Å²) >= 11 is 0. The summed E-state index contributed by atoms with van der Waals surface area (Å²) in [6.07, 6.45) is 2.88. The first kappa shape index (κ1) is 21.3. The standard InChI is InChI=1S/C18H34F3N5/c1-2-22-17(23-9-7-12-25-10-5-3-4-6-11-25)24-16-8-13-26(14-16)15-18(19,20)21/h16H,2-15H2,1H3,(H2,22,23,24). The summed E-state index contributed by atoms with van der Waals surface area (Å²) in [7, 11) is 0. The van der Waals surface area contributed by atoms with Gasteiger partial charge in [0.25, 0.3) is 0 Å². The van der Waals surface area contributed by atoms with Gasteiger partial charge in [0, 0.05) is 32.2 Å². The van der Waals surface area contributed by atoms with Crippen LogP contribution < -0.4 is 10.6 Å². The maximum Gasteiger partial charge on any atom is 0.401 e. The Hall–Kier alpha value is -1.02. The fraction of sp³-hybridized carbons (Fsp3) is 0.944. The predicted molar refractivity (Wildman–Crippen MR) is 99.5 cm³/mol. The summed E-state index contributed by atoms with van der Waals surface area (Å²) in [6.45, 7) is 7.02. The van der Waals surface area contributed by atoms with Crippen molar-refractivity contribution in [2.45, 2.75) is 57.7 Å². The highest BCUT2D eigenvalue weighted by Gasteiger charge is 2.34. The fourth-order valence-corrected chi connectivity index (χ4v) is 3.71. The molecule has 152 valence electrons. The van der Waals surface area contributed by atoms with E-state index in [1.165, 1.54) is 43.7 Å². The molecule has 2 fully saturated rings. The second-order valence-electron chi connectivity index (χ2n) is 7.35. The van der Waals surface area contributed by atoms with Gasteiger partial charge in [-0.2, -0.15) is 13.2 Å². The minimum Gasteiger partial charge on any atom is -0.357 e. The van der Waals surface area contributed by atoms with Crippen molar-refractivity contribution in [3.05, 3.63) is 0 Å². The summed E-state index contributed by atoms with van der Waals surface area (Å²) in [6, 6.07) is 0.0285. The molecule has 2 rings (SSSR count). The Labute approximate surface area is 155 Å². The van der Waals surface area contributed by atoms with E-state index >= 15 is 0 Å². The molecule has 0 spiro atoms. The lowest BCUT2D eigenvalue weighted by molar-refractivity contribution is -0.143. The highest BCUT2D eigenvalue weighted by molar-refractivity contribution is 5.80. The van der Waals surface area contributed by atoms with E-state index in [0.717, 1.165) is 32.0 Å². The van der Waals surface area contributed by atoms with Crippen molar-refractivity contribution in [2.24, 2.45) is 4.99 Å². The summed E-state index contributed by atoms with van der Waals surface area (Å²) in [5.41, 5.74) is 0. The van der Waals surface area contributed by atoms with E-state index in [-0.39, 0.29) is 6.04 Å². The Morgan fingerprint density at radius 3 is 2.46 bits per heavy atom. The number of nitrogens with one attached hydrogen (secondary N) is 2. The van der Waals surface area contributed by atoms with Gasteiger partial charge >= 0.3 is 6.18 Å². The second-order valence-corrected chi connectivity index (χ2v) is 7.35. The Morgan fingerprint density at radius 2 is 1.81 bits per heavy atom. The molecule has 0 aliphatic carbocycles. The lowest BCUT2D eigenvalue weighted by Crippen LogP contribution is -2.45. The topological polar surface area (TPSA) is 42.9 Å². The predicted octanol–water partition coefficient (Wildman–Crippen LogP) is 2.44. The molecule has 0 amide bonds. The van der Waals surface area contributed by atoms with E-state index in [0.29, 0.717) is 19.5 Å². The number of nitrogens with zero attached hydrogens (tertiary/aromatic N) is 3. The van der Waals surface area contributed by atoms with Gasteiger partial charge in [0.05, 0.1) is 6.54 Å². The Bertz CT molecular complexity index is 420. The van der Waals surface area contributed by atoms with Crippen LogP contribution in [0.25, 0.3) is 0 Å². The highest BCUT2D eigenvalue weighted by atomic mass is 19.4. The van der Waals surface area contributed by atoms with Gasteiger partial charge in [-0.25, -0.2) is 0 Å². The van der Waals surface area contributed by atoms with Crippen LogP contribution in [0.2, 0.25) is 0 Å². The van der Waals surface area contributed by atoms with Crippen molar-refractivity contribution < 1.29 is 13.2 Å². The number of hydrogen-bond acceptors (Lipinski definition) is 3. The summed E-state index contributed by atoms with van der Waals surface area (Å²) in [5.74, 6) is 0.724. The highest BCUT2D eigenvalue weighted by Crippen LogP contribution is 2.19. The zero-order valence-corrected chi connectivity index (χ0v) is 16.0. The van der Waals surface area contributed by atoms with Gasteiger partial charge in [0.1, 0.15) is 0 Å². The van der Waals surface area contributed by atoms with Crippen molar-refractivity contribution in [1.82, 2.24) is 20.4 Å². The molecule has 2 aliphatic rings. The van der Waals surface area contributed by atoms with Crippen LogP contribution in [-0.4, -0.2) is 80.3 Å². The first-order valence-electron chi connectivity index (χ1n) is 10.0. The molecule has 0 radical (unpaired) electrons. The van der Waals surface area contributed by atoms with E-state index in [1.54, 1.807) is 0 Å². The SMILES string of the molecule is CCNC(=NCCCN1CCCCCC1)NC1CCN(CC(F)(F)F)C1. The molecule has 2 N–H and O–H groups in total. The van der Waals surface area contributed by atoms with Crippen molar-refractivity contribution in [3.63, 3.8) is 0 Å². The monoisotopic (exact) mass is 377 g/mol. The molecule has 5 nitrogen and oxygen atoms in total. The molecule has 2 heterocycles. The third-order valence-corrected chi connectivity index (χ3v) is 4.96. The van der Waals surface area contributed by atoms with E-state index in [9.17, 15) is 13.2 Å². The molecular weight excluding hydrogens is 343 g/mol. The molecule has 2 aliphatic heterocycles. The van der Waals surface area contributed by atoms with Crippen LogP contribution in [-0.2, 0) is 0 Å². The smallest absolute Gasteiger partial charge is 0.357 e. The molecule has 2 saturated heterocycles. The molecule has 0 saturated carbocycles. The molecule has 0 bridgehead atoms. The lowest BCUT2D eigenvalue weighted by atomic mass is 10.2. The number of rotatable bonds is 7. The number of halogens is 3. The summed E-state index contributed by atoms with van der Waals surface area (Å²) in [4.78, 5) is 8.59. The molecule has 0 aromatic rings. The minimum absolute atomic E-state index is 0.0285. The minimum atomic E-state index is -4.12. The summed E-state index contributed by atoms with van der Waals surface area (Å²) < 4.78 is 37.5. The molecule has 26 heavy (non-hydrogen) atoms. The van der Waals surface area contributed by atoms with E-state index in [1.807, 2.05) is 6.92 Å². The van der Waals surface area contributed by atoms with Gasteiger partial charge in [-0.15, -0.1) is 0 Å². The second kappa shape index (κ2) is 11.0. The van der Waals surface area contributed by atoms with Crippen molar-refractivity contribution in [1.29, 1.82) is 0 Å². The van der Waals surface area contributed by atoms with Crippen LogP contribution in [0.15, 0.2) is 4.99 Å². The molecular formula is C18H34F3N5. The molecule has 0 aromatic carbocycles. The van der Waals surface area contributed by atoms with Crippen LogP contribution in [0.1, 0.15) is 45.4 Å². The zero-order valence-electron chi connectivity index (χ0n) is 16.0. The summed E-state index contributed by atoms with van der Waals surface area (Å²) in [5, 5.41) is 6.50. The number of guanidine groups is 1. The van der Waals surface area contributed by atoms with Crippen LogP contribution in [0.5, 0.6) is 0 Å². The van der Waals surface area contributed by atoms with Gasteiger partial charge in [-0.3, -0.25) is 9.89 Å². The number of aliphatic imine (C=N–C) groups is 1. The third kappa shape index (κ3) is 8.58. The fourth-order valence-electron chi connectivity index (χ4n) is 3.71. The molecule has 1 atom stereocenters. The largest absolute Gasteiger partial charge is 0.401 e. The molecule has 1 unspecified atom stereocenters. The Balaban J connectivity index is 1.70. The number of alkyl halides is 3. The lowest BCUT2D eigenvalue weighted by Gasteiger charge is -2.20. The quantitative estimate of drug-likeness (QED) is 0.406. The van der Waals surface area contributed by atoms with Gasteiger partial charge in [0.15, 0.2) is 5.96 Å². The van der Waals surface area contributed by atoms with E-state index in [2.05, 4.69) is 20.5 Å². The van der Waals surface area contributed by atoms with Crippen LogP contribution in [0.3, 0.4) is 0 Å². The van der Waals surface area contributed by atoms with Crippen molar-refractivity contribution in [2.75, 3.05) is 52.4 Å². The van der Waals surface area contributed by atoms with Crippen LogP contribution in [0.4, 0.5) is 13.2 Å². The molecule has 8 heteroatoms. The normalized spacial score (nSPS) is 23.8. The Morgan fingerprint density at radius 1 is 1.08 bits per heavy atom. The van der Waals surface area contributed by atoms with Crippen LogP contribution in [0, 0.1) is 0 Å². The number of hydrogen-bond donors (Lipinski definition) is 2. The average molecular weight is 377 g/mol. The van der Waals surface area contributed by atoms with Crippen LogP contribution >= 0.6 is 0 Å². The van der Waals surface area contributed by atoms with Gasteiger partial charge in [-0.1, -0.05) is 12.8 Å². The Kier molecular flexibility index (Phi) is 8.98. The zero-order chi connectivity index (χ0) is 18.8. The molecule has 0 aromatic heterocycles. The first-order chi connectivity index (χ1) is 12.5. The average Bonchev–Trinajstić information content (AvgIpc) is 2.82. The van der Waals surface area contributed by atoms with Crippen molar-refractivity contribution in [3.8, 4) is 0 Å². The van der Waals surface area contributed by atoms with Crippen molar-refractivity contribution >= 4 is 5.96 Å². The van der Waals surface area contributed by atoms with Gasteiger partial charge in [-0.05, 0) is 52.2 Å². The van der Waals surface area contributed by atoms with Gasteiger partial charge in [0.2, 0.25) is 0 Å². The maximum absolute atomic E-state index is 12.5. The van der Waals surface area contributed by atoms with E-state index in [4.69, 9.17) is 0 Å². The van der Waals surface area contributed by atoms with E-state index < -0.39 is 12.7 Å². The maximum atomic E-state index is 12.5. The number of likely N-dealkylation sites (tertiary alicyclic amines) is 2. The third-order valence-electron chi connectivity index (χ3n) is 4.96. The first-order valence-corrected chi connectivity index (χ1v) is 10.0. The van der Waals surface area contributed by atoms with Gasteiger partial charge < -0.3 is 15.5 Å².